The van der Waals surface area contributed by atoms with Gasteiger partial charge in [-0.2, -0.15) is 19.3 Å². The van der Waals surface area contributed by atoms with Gasteiger partial charge >= 0.3 is 0 Å². The van der Waals surface area contributed by atoms with E-state index in [1.807, 2.05) is 48.5 Å². The van der Waals surface area contributed by atoms with E-state index in [1.165, 1.54) is 18.2 Å². The van der Waals surface area contributed by atoms with Crippen molar-refractivity contribution in [3.8, 4) is 45.6 Å². The van der Waals surface area contributed by atoms with Crippen molar-refractivity contribution in [1.29, 1.82) is 10.5 Å². The van der Waals surface area contributed by atoms with Crippen molar-refractivity contribution in [2.75, 3.05) is 5.73 Å². The molecule has 43 heavy (non-hydrogen) atoms. The summed E-state index contributed by atoms with van der Waals surface area (Å²) in [7, 11) is 0. The van der Waals surface area contributed by atoms with Crippen LogP contribution in [0.1, 0.15) is 11.1 Å². The Morgan fingerprint density at radius 1 is 0.698 bits per heavy atom. The van der Waals surface area contributed by atoms with Gasteiger partial charge in [0.2, 0.25) is 0 Å². The Morgan fingerprint density at radius 2 is 1.44 bits per heavy atom. The second-order valence-corrected chi connectivity index (χ2v) is 10.3. The Morgan fingerprint density at radius 3 is 2.21 bits per heavy atom. The topological polar surface area (TPSA) is 112 Å². The lowest BCUT2D eigenvalue weighted by Crippen LogP contribution is -2.05. The largest absolute Gasteiger partial charge is 0.394 e. The van der Waals surface area contributed by atoms with Crippen LogP contribution in [0.15, 0.2) is 78.9 Å². The van der Waals surface area contributed by atoms with E-state index in [-0.39, 0.29) is 5.56 Å². The minimum atomic E-state index is -1.44. The highest BCUT2D eigenvalue weighted by Crippen LogP contribution is 2.43. The molecule has 204 valence electrons. The summed E-state index contributed by atoms with van der Waals surface area (Å²) >= 11 is 1.03. The first-order chi connectivity index (χ1) is 20.9. The van der Waals surface area contributed by atoms with Gasteiger partial charge in [-0.05, 0) is 23.8 Å². The Bertz CT molecular complexity index is 2370. The van der Waals surface area contributed by atoms with E-state index in [9.17, 15) is 14.9 Å². The average molecular weight is 585 g/mol. The second-order valence-electron chi connectivity index (χ2n) is 9.74. The highest BCUT2D eigenvalue weighted by Gasteiger charge is 2.26. The highest BCUT2D eigenvalue weighted by atomic mass is 32.1. The summed E-state index contributed by atoms with van der Waals surface area (Å²) in [6.45, 7) is 0. The molecule has 0 aliphatic carbocycles. The molecule has 2 N–H and O–H groups in total. The molecule has 7 rings (SSSR count). The van der Waals surface area contributed by atoms with E-state index in [2.05, 4.69) is 14.8 Å². The molecular weight excluding hydrogens is 569 g/mol. The number of benzene rings is 5. The van der Waals surface area contributed by atoms with Crippen LogP contribution in [-0.2, 0) is 0 Å². The molecule has 10 heteroatoms. The van der Waals surface area contributed by atoms with Gasteiger partial charge in [-0.1, -0.05) is 60.7 Å². The summed E-state index contributed by atoms with van der Waals surface area (Å²) in [4.78, 5) is 4.95. The Kier molecular flexibility index (Phi) is 6.01. The van der Waals surface area contributed by atoms with Crippen molar-refractivity contribution >= 4 is 50.1 Å². The Hall–Kier alpha value is -5.84. The van der Waals surface area contributed by atoms with Crippen molar-refractivity contribution in [1.82, 2.24) is 13.7 Å². The molecular formula is C33H15F3N6S. The number of fused-ring (bicyclic) bond motifs is 5. The molecule has 5 aromatic carbocycles. The van der Waals surface area contributed by atoms with Gasteiger partial charge in [-0.25, -0.2) is 18.2 Å². The average Bonchev–Trinajstić information content (AvgIpc) is 3.54. The molecule has 0 aliphatic heterocycles. The van der Waals surface area contributed by atoms with E-state index in [0.717, 1.165) is 33.6 Å². The van der Waals surface area contributed by atoms with E-state index in [1.54, 1.807) is 18.2 Å². The molecule has 2 heterocycles. The van der Waals surface area contributed by atoms with Gasteiger partial charge in [0.25, 0.3) is 0 Å². The maximum Gasteiger partial charge on any atom is 0.169 e. The molecule has 0 saturated heterocycles. The number of nitriles is 2. The van der Waals surface area contributed by atoms with Crippen molar-refractivity contribution in [3.05, 3.63) is 107 Å². The molecule has 2 aromatic heterocycles. The zero-order valence-corrected chi connectivity index (χ0v) is 22.7. The SMILES string of the molecule is N#Cc1ccccc1-c1cc2c(-c3ccccc3)nc3cc(-c4c(F)c(N)c(F)c(C#N)c4F)ccc3c2c2nsnc12. The molecule has 0 saturated carbocycles. The fourth-order valence-corrected chi connectivity index (χ4v) is 6.01. The van der Waals surface area contributed by atoms with Gasteiger partial charge in [0.05, 0.1) is 40.1 Å². The number of nitrogen functional groups attached to an aromatic ring is 1. The molecule has 7 aromatic rings. The number of aromatic nitrogens is 3. The smallest absolute Gasteiger partial charge is 0.169 e. The lowest BCUT2D eigenvalue weighted by atomic mass is 9.91. The van der Waals surface area contributed by atoms with Crippen LogP contribution in [0.2, 0.25) is 0 Å². The summed E-state index contributed by atoms with van der Waals surface area (Å²) < 4.78 is 54.0. The monoisotopic (exact) mass is 584 g/mol. The zero-order valence-electron chi connectivity index (χ0n) is 21.9. The summed E-state index contributed by atoms with van der Waals surface area (Å²) in [5.74, 6) is -4.09. The number of pyridine rings is 1. The van der Waals surface area contributed by atoms with Crippen molar-refractivity contribution in [3.63, 3.8) is 0 Å². The van der Waals surface area contributed by atoms with Crippen LogP contribution < -0.4 is 5.73 Å². The van der Waals surface area contributed by atoms with E-state index in [0.29, 0.717) is 38.8 Å². The number of rotatable bonds is 3. The molecule has 0 unspecified atom stereocenters. The predicted molar refractivity (Wildman–Crippen MR) is 160 cm³/mol. The van der Waals surface area contributed by atoms with E-state index < -0.39 is 34.3 Å². The third-order valence-electron chi connectivity index (χ3n) is 7.43. The Balaban J connectivity index is 1.61. The van der Waals surface area contributed by atoms with Crippen molar-refractivity contribution in [2.45, 2.75) is 0 Å². The maximum atomic E-state index is 15.3. The fourth-order valence-electron chi connectivity index (χ4n) is 5.44. The van der Waals surface area contributed by atoms with Crippen LogP contribution in [0.25, 0.3) is 66.2 Å². The number of nitrogens with two attached hydrogens (primary N) is 1. The summed E-state index contributed by atoms with van der Waals surface area (Å²) in [6, 6.07) is 26.9. The van der Waals surface area contributed by atoms with Crippen LogP contribution in [0.5, 0.6) is 0 Å². The number of hydrogen-bond donors (Lipinski definition) is 1. The molecule has 0 aliphatic rings. The van der Waals surface area contributed by atoms with Gasteiger partial charge in [0.1, 0.15) is 28.4 Å². The quantitative estimate of drug-likeness (QED) is 0.166. The molecule has 0 bridgehead atoms. The highest BCUT2D eigenvalue weighted by molar-refractivity contribution is 7.00. The third kappa shape index (κ3) is 3.89. The summed E-state index contributed by atoms with van der Waals surface area (Å²) in [5, 5.41) is 21.2. The van der Waals surface area contributed by atoms with E-state index >= 15 is 8.78 Å². The standard InChI is InChI=1S/C33H15F3N6S/c34-27-23(15-38)28(35)30(39)29(36)25(27)17-10-11-20-24(12-17)40-31(16-6-2-1-3-7-16)22-13-21(19-9-5-4-8-18(19)14-37)32-33(26(20)22)42-43-41-32/h1-13H,39H2. The predicted octanol–water partition coefficient (Wildman–Crippen LogP) is 8.14. The van der Waals surface area contributed by atoms with Crippen LogP contribution in [0.3, 0.4) is 0 Å². The van der Waals surface area contributed by atoms with Crippen LogP contribution in [0, 0.1) is 40.1 Å². The number of nitrogens with zero attached hydrogens (tertiary/aromatic N) is 5. The van der Waals surface area contributed by atoms with E-state index in [4.69, 9.17) is 10.7 Å². The molecule has 0 radical (unpaired) electrons. The van der Waals surface area contributed by atoms with Gasteiger partial charge in [-0.15, -0.1) is 0 Å². The van der Waals surface area contributed by atoms with Gasteiger partial charge in [0.15, 0.2) is 17.5 Å². The Labute approximate surface area is 246 Å². The van der Waals surface area contributed by atoms with Crippen LogP contribution in [-0.4, -0.2) is 13.7 Å². The lowest BCUT2D eigenvalue weighted by molar-refractivity contribution is 0.549. The minimum absolute atomic E-state index is 0.0313. The first kappa shape index (κ1) is 26.1. The van der Waals surface area contributed by atoms with Crippen LogP contribution >= 0.6 is 11.7 Å². The number of halogens is 3. The summed E-state index contributed by atoms with van der Waals surface area (Å²) in [6.07, 6.45) is 0. The third-order valence-corrected chi connectivity index (χ3v) is 7.96. The first-order valence-electron chi connectivity index (χ1n) is 12.9. The zero-order chi connectivity index (χ0) is 29.8. The van der Waals surface area contributed by atoms with Crippen LogP contribution in [0.4, 0.5) is 18.9 Å². The van der Waals surface area contributed by atoms with Crippen molar-refractivity contribution in [2.24, 2.45) is 0 Å². The molecule has 0 amide bonds. The fraction of sp³-hybridized carbons (Fsp3) is 0. The molecule has 0 fully saturated rings. The molecule has 6 nitrogen and oxygen atoms in total. The second kappa shape index (κ2) is 9.91. The number of anilines is 1. The lowest BCUT2D eigenvalue weighted by Gasteiger charge is -2.15. The minimum Gasteiger partial charge on any atom is -0.394 e. The van der Waals surface area contributed by atoms with Gasteiger partial charge in [-0.3, -0.25) is 0 Å². The summed E-state index contributed by atoms with van der Waals surface area (Å²) in [5.41, 5.74) is 7.88. The number of hydrogen-bond acceptors (Lipinski definition) is 7. The van der Waals surface area contributed by atoms with Gasteiger partial charge in [0, 0.05) is 32.8 Å². The molecule has 0 atom stereocenters. The first-order valence-corrected chi connectivity index (χ1v) is 13.6. The maximum absolute atomic E-state index is 15.3. The molecule has 0 spiro atoms. The van der Waals surface area contributed by atoms with Crippen molar-refractivity contribution < 1.29 is 13.2 Å². The normalized spacial score (nSPS) is 11.2. The van der Waals surface area contributed by atoms with Gasteiger partial charge < -0.3 is 5.73 Å².